The van der Waals surface area contributed by atoms with Gasteiger partial charge in [0, 0.05) is 18.3 Å². The Morgan fingerprint density at radius 1 is 1.29 bits per heavy atom. The molecule has 0 saturated heterocycles. The van der Waals surface area contributed by atoms with Gasteiger partial charge in [0.2, 0.25) is 0 Å². The molecule has 1 amide bonds. The lowest BCUT2D eigenvalue weighted by Crippen LogP contribution is -2.37. The van der Waals surface area contributed by atoms with Gasteiger partial charge < -0.3 is 15.2 Å². The van der Waals surface area contributed by atoms with Gasteiger partial charge in [-0.2, -0.15) is 10.2 Å². The van der Waals surface area contributed by atoms with Crippen LogP contribution in [0.25, 0.3) is 0 Å². The second-order valence-electron chi connectivity index (χ2n) is 9.38. The quantitative estimate of drug-likeness (QED) is 0.477. The molecule has 9 nitrogen and oxygen atoms in total. The number of ether oxygens (including phenoxy) is 1. The van der Waals surface area contributed by atoms with Crippen molar-refractivity contribution in [2.75, 3.05) is 5.32 Å². The minimum atomic E-state index is -0.979. The van der Waals surface area contributed by atoms with Crippen LogP contribution >= 0.6 is 0 Å². The molecular weight excluding hydrogens is 460 g/mol. The Kier molecular flexibility index (Phi) is 6.97. The molecule has 1 aliphatic carbocycles. The minimum absolute atomic E-state index is 0.150. The predicted molar refractivity (Wildman–Crippen MR) is 123 cm³/mol. The van der Waals surface area contributed by atoms with Crippen LogP contribution in [0.2, 0.25) is 0 Å². The van der Waals surface area contributed by atoms with E-state index in [4.69, 9.17) is 4.74 Å². The first-order valence-corrected chi connectivity index (χ1v) is 11.4. The largest absolute Gasteiger partial charge is 0.449 e. The second-order valence-corrected chi connectivity index (χ2v) is 9.38. The van der Waals surface area contributed by atoms with E-state index >= 15 is 0 Å². The topological polar surface area (TPSA) is 111 Å². The molecular formula is C24H27F2N5O4. The number of para-hydroxylation sites is 1. The van der Waals surface area contributed by atoms with Crippen LogP contribution in [0.1, 0.15) is 45.6 Å². The molecule has 0 unspecified atom stereocenters. The first-order valence-electron chi connectivity index (χ1n) is 11.4. The molecule has 2 aromatic heterocycles. The number of carbonyl (C=O) groups excluding carboxylic acids is 1. The third-order valence-electron chi connectivity index (χ3n) is 5.76. The Hall–Kier alpha value is -3.60. The van der Waals surface area contributed by atoms with E-state index in [9.17, 15) is 23.5 Å². The summed E-state index contributed by atoms with van der Waals surface area (Å²) < 4.78 is 35.6. The molecule has 4 rings (SSSR count). The number of anilines is 1. The smallest absolute Gasteiger partial charge is 0.271 e. The number of hydrogen-bond donors (Lipinski definition) is 2. The number of carbonyl (C=O) groups is 1. The number of halogens is 2. The third-order valence-corrected chi connectivity index (χ3v) is 5.76. The van der Waals surface area contributed by atoms with Crippen molar-refractivity contribution < 1.29 is 23.4 Å². The molecule has 1 aliphatic rings. The van der Waals surface area contributed by atoms with Crippen molar-refractivity contribution in [3.05, 3.63) is 64.7 Å². The van der Waals surface area contributed by atoms with E-state index in [0.717, 1.165) is 48.3 Å². The van der Waals surface area contributed by atoms with Crippen LogP contribution < -0.4 is 15.6 Å². The number of nitrogens with zero attached hydrogens (tertiary/aromatic N) is 4. The van der Waals surface area contributed by atoms with Gasteiger partial charge >= 0.3 is 0 Å². The fourth-order valence-corrected chi connectivity index (χ4v) is 3.87. The number of amides is 1. The summed E-state index contributed by atoms with van der Waals surface area (Å²) in [5, 5.41) is 21.0. The van der Waals surface area contributed by atoms with Gasteiger partial charge in [0.15, 0.2) is 29.0 Å². The third kappa shape index (κ3) is 6.10. The van der Waals surface area contributed by atoms with Crippen LogP contribution in [0.15, 0.2) is 47.5 Å². The summed E-state index contributed by atoms with van der Waals surface area (Å²) in [4.78, 5) is 26.0. The highest BCUT2D eigenvalue weighted by Gasteiger charge is 2.30. The normalized spacial score (nSPS) is 14.9. The summed E-state index contributed by atoms with van der Waals surface area (Å²) in [6.45, 7) is 3.53. The highest BCUT2D eigenvalue weighted by atomic mass is 19.1. The average molecular weight is 488 g/mol. The van der Waals surface area contributed by atoms with Gasteiger partial charge in [0.05, 0.1) is 18.3 Å². The Morgan fingerprint density at radius 2 is 2.00 bits per heavy atom. The number of benzene rings is 1. The first kappa shape index (κ1) is 24.5. The molecule has 3 aromatic rings. The number of aliphatic hydroxyl groups is 1. The van der Waals surface area contributed by atoms with Gasteiger partial charge in [-0.05, 0) is 38.3 Å². The SMILES string of the molecule is CC(C)(O)Cn1ccc(NC(=O)[C@@H](CC2CCC2)n2ncc(Oc3c(F)cccc3F)cc2=O)n1. The summed E-state index contributed by atoms with van der Waals surface area (Å²) in [7, 11) is 0. The van der Waals surface area contributed by atoms with E-state index in [-0.39, 0.29) is 24.0 Å². The Bertz CT molecular complexity index is 1240. The summed E-state index contributed by atoms with van der Waals surface area (Å²) in [5.74, 6) is -2.54. The zero-order valence-electron chi connectivity index (χ0n) is 19.4. The molecule has 1 aromatic carbocycles. The zero-order valence-corrected chi connectivity index (χ0v) is 19.4. The van der Waals surface area contributed by atoms with Crippen LogP contribution in [0.5, 0.6) is 11.5 Å². The van der Waals surface area contributed by atoms with Gasteiger partial charge in [0.25, 0.3) is 11.5 Å². The zero-order chi connectivity index (χ0) is 25.2. The van der Waals surface area contributed by atoms with Crippen molar-refractivity contribution in [3.8, 4) is 11.5 Å². The monoisotopic (exact) mass is 487 g/mol. The fraction of sp³-hybridized carbons (Fsp3) is 0.417. The van der Waals surface area contributed by atoms with Crippen LogP contribution in [-0.2, 0) is 11.3 Å². The fourth-order valence-electron chi connectivity index (χ4n) is 3.87. The molecule has 186 valence electrons. The first-order chi connectivity index (χ1) is 16.6. The summed E-state index contributed by atoms with van der Waals surface area (Å²) in [5.41, 5.74) is -1.63. The standard InChI is InChI=1S/C24H27F2N5O4/c1-24(2,34)14-30-10-9-20(29-30)28-23(33)19(11-15-5-3-6-15)31-21(32)12-16(13-27-31)35-22-17(25)7-4-8-18(22)26/h4,7-10,12-13,15,19,34H,3,5-6,11,14H2,1-2H3,(H,28,29,33)/t19-/m1/s1. The van der Waals surface area contributed by atoms with Gasteiger partial charge in [-0.15, -0.1) is 0 Å². The summed E-state index contributed by atoms with van der Waals surface area (Å²) in [6.07, 6.45) is 6.15. The lowest BCUT2D eigenvalue weighted by atomic mass is 9.80. The predicted octanol–water partition coefficient (Wildman–Crippen LogP) is 3.65. The lowest BCUT2D eigenvalue weighted by molar-refractivity contribution is -0.120. The molecule has 35 heavy (non-hydrogen) atoms. The maximum atomic E-state index is 13.9. The highest BCUT2D eigenvalue weighted by Crippen LogP contribution is 2.34. The number of hydrogen-bond acceptors (Lipinski definition) is 6. The van der Waals surface area contributed by atoms with E-state index < -0.39 is 40.5 Å². The van der Waals surface area contributed by atoms with E-state index in [1.165, 1.54) is 10.7 Å². The van der Waals surface area contributed by atoms with Gasteiger partial charge in [-0.25, -0.2) is 13.5 Å². The second kappa shape index (κ2) is 9.95. The van der Waals surface area contributed by atoms with Crippen molar-refractivity contribution >= 4 is 11.7 Å². The van der Waals surface area contributed by atoms with Crippen molar-refractivity contribution in [2.45, 2.75) is 57.7 Å². The summed E-state index contributed by atoms with van der Waals surface area (Å²) in [6, 6.07) is 5.00. The van der Waals surface area contributed by atoms with Gasteiger partial charge in [-0.1, -0.05) is 25.3 Å². The van der Waals surface area contributed by atoms with Crippen LogP contribution in [0, 0.1) is 17.6 Å². The van der Waals surface area contributed by atoms with E-state index in [1.807, 2.05) is 0 Å². The molecule has 11 heteroatoms. The number of nitrogens with one attached hydrogen (secondary N) is 1. The molecule has 1 fully saturated rings. The summed E-state index contributed by atoms with van der Waals surface area (Å²) >= 11 is 0. The Labute approximate surface area is 200 Å². The molecule has 0 spiro atoms. The van der Waals surface area contributed by atoms with E-state index in [1.54, 1.807) is 26.1 Å². The van der Waals surface area contributed by atoms with Crippen molar-refractivity contribution in [1.29, 1.82) is 0 Å². The minimum Gasteiger partial charge on any atom is -0.449 e. The highest BCUT2D eigenvalue weighted by molar-refractivity contribution is 5.92. The molecule has 2 N–H and O–H groups in total. The average Bonchev–Trinajstić information content (AvgIpc) is 3.15. The van der Waals surface area contributed by atoms with Crippen LogP contribution in [-0.4, -0.2) is 36.2 Å². The molecule has 1 saturated carbocycles. The Morgan fingerprint density at radius 3 is 2.60 bits per heavy atom. The molecule has 0 radical (unpaired) electrons. The molecule has 1 atom stereocenters. The van der Waals surface area contributed by atoms with Crippen molar-refractivity contribution in [1.82, 2.24) is 19.6 Å². The van der Waals surface area contributed by atoms with E-state index in [0.29, 0.717) is 6.42 Å². The van der Waals surface area contributed by atoms with Crippen LogP contribution in [0.3, 0.4) is 0 Å². The molecule has 2 heterocycles. The maximum Gasteiger partial charge on any atom is 0.271 e. The Balaban J connectivity index is 1.54. The van der Waals surface area contributed by atoms with Crippen molar-refractivity contribution in [3.63, 3.8) is 0 Å². The number of aromatic nitrogens is 4. The van der Waals surface area contributed by atoms with Crippen LogP contribution in [0.4, 0.5) is 14.6 Å². The molecule has 0 bridgehead atoms. The lowest BCUT2D eigenvalue weighted by Gasteiger charge is -2.29. The van der Waals surface area contributed by atoms with Gasteiger partial charge in [-0.3, -0.25) is 14.3 Å². The van der Waals surface area contributed by atoms with E-state index in [2.05, 4.69) is 15.5 Å². The molecule has 0 aliphatic heterocycles. The van der Waals surface area contributed by atoms with Crippen molar-refractivity contribution in [2.24, 2.45) is 5.92 Å². The maximum absolute atomic E-state index is 13.9. The number of rotatable bonds is 9. The van der Waals surface area contributed by atoms with Gasteiger partial charge in [0.1, 0.15) is 6.04 Å².